The predicted molar refractivity (Wildman–Crippen MR) is 82.1 cm³/mol. The monoisotopic (exact) mass is 274 g/mol. The summed E-state index contributed by atoms with van der Waals surface area (Å²) in [4.78, 5) is 12.5. The minimum absolute atomic E-state index is 0.0741. The molecule has 1 aliphatic carbocycles. The maximum Gasteiger partial charge on any atom is 0.244 e. The van der Waals surface area contributed by atoms with Crippen LogP contribution in [0, 0.1) is 11.8 Å². The van der Waals surface area contributed by atoms with Gasteiger partial charge in [0.05, 0.1) is 0 Å². The summed E-state index contributed by atoms with van der Waals surface area (Å²) >= 11 is 0. The lowest BCUT2D eigenvalue weighted by molar-refractivity contribution is -0.127. The van der Waals surface area contributed by atoms with Crippen LogP contribution in [0.1, 0.15) is 45.6 Å². The predicted octanol–water partition coefficient (Wildman–Crippen LogP) is 2.80. The van der Waals surface area contributed by atoms with Crippen LogP contribution in [-0.4, -0.2) is 11.9 Å². The molecule has 0 heterocycles. The van der Waals surface area contributed by atoms with Gasteiger partial charge in [0, 0.05) is 6.04 Å². The van der Waals surface area contributed by atoms with Crippen molar-refractivity contribution in [3.05, 3.63) is 35.9 Å². The van der Waals surface area contributed by atoms with Crippen LogP contribution in [0.15, 0.2) is 30.3 Å². The average Bonchev–Trinajstić information content (AvgIpc) is 2.38. The van der Waals surface area contributed by atoms with Crippen molar-refractivity contribution in [2.45, 2.75) is 51.6 Å². The van der Waals surface area contributed by atoms with E-state index in [1.54, 1.807) is 6.92 Å². The molecule has 0 saturated heterocycles. The minimum Gasteiger partial charge on any atom is -0.351 e. The van der Waals surface area contributed by atoms with Gasteiger partial charge in [-0.05, 0) is 43.6 Å². The van der Waals surface area contributed by atoms with Crippen molar-refractivity contribution in [1.82, 2.24) is 5.32 Å². The van der Waals surface area contributed by atoms with Crippen LogP contribution in [0.5, 0.6) is 0 Å². The van der Waals surface area contributed by atoms with Crippen LogP contribution < -0.4 is 11.1 Å². The molecule has 1 saturated carbocycles. The second kappa shape index (κ2) is 5.96. The second-order valence-electron chi connectivity index (χ2n) is 6.66. The van der Waals surface area contributed by atoms with Gasteiger partial charge in [0.25, 0.3) is 0 Å². The van der Waals surface area contributed by atoms with Gasteiger partial charge in [-0.3, -0.25) is 4.79 Å². The Labute approximate surface area is 121 Å². The second-order valence-corrected chi connectivity index (χ2v) is 6.66. The fraction of sp³-hybridized carbons (Fsp3) is 0.588. The van der Waals surface area contributed by atoms with Crippen LogP contribution in [0.2, 0.25) is 0 Å². The molecule has 0 radical (unpaired) electrons. The molecule has 1 aliphatic rings. The molecule has 0 spiro atoms. The van der Waals surface area contributed by atoms with E-state index in [1.165, 1.54) is 6.42 Å². The van der Waals surface area contributed by atoms with E-state index < -0.39 is 5.54 Å². The van der Waals surface area contributed by atoms with Crippen molar-refractivity contribution >= 4 is 5.91 Å². The molecule has 3 N–H and O–H groups in total. The Morgan fingerprint density at radius 2 is 1.70 bits per heavy atom. The smallest absolute Gasteiger partial charge is 0.244 e. The zero-order valence-corrected chi connectivity index (χ0v) is 12.7. The van der Waals surface area contributed by atoms with Crippen molar-refractivity contribution in [1.29, 1.82) is 0 Å². The average molecular weight is 274 g/mol. The first-order valence-corrected chi connectivity index (χ1v) is 7.55. The Morgan fingerprint density at radius 3 is 2.25 bits per heavy atom. The number of benzene rings is 1. The highest BCUT2D eigenvalue weighted by Crippen LogP contribution is 2.29. The van der Waals surface area contributed by atoms with Gasteiger partial charge in [-0.15, -0.1) is 0 Å². The Kier molecular flexibility index (Phi) is 4.48. The SMILES string of the molecule is CC1CC(C)CC(NC(=O)C(C)(N)c2ccccc2)C1. The van der Waals surface area contributed by atoms with Crippen molar-refractivity contribution in [2.75, 3.05) is 0 Å². The third kappa shape index (κ3) is 3.40. The van der Waals surface area contributed by atoms with Crippen LogP contribution in [0.4, 0.5) is 0 Å². The Hall–Kier alpha value is -1.35. The summed E-state index contributed by atoms with van der Waals surface area (Å²) < 4.78 is 0. The number of hydrogen-bond acceptors (Lipinski definition) is 2. The zero-order valence-electron chi connectivity index (χ0n) is 12.7. The molecule has 1 amide bonds. The molecule has 3 atom stereocenters. The first-order valence-electron chi connectivity index (χ1n) is 7.55. The van der Waals surface area contributed by atoms with E-state index in [1.807, 2.05) is 30.3 Å². The number of nitrogens with one attached hydrogen (secondary N) is 1. The molecule has 2 rings (SSSR count). The van der Waals surface area contributed by atoms with Gasteiger partial charge in [0.2, 0.25) is 5.91 Å². The lowest BCUT2D eigenvalue weighted by Gasteiger charge is -2.34. The Morgan fingerprint density at radius 1 is 1.15 bits per heavy atom. The summed E-state index contributed by atoms with van der Waals surface area (Å²) in [6.45, 7) is 6.30. The van der Waals surface area contributed by atoms with Gasteiger partial charge in [-0.1, -0.05) is 44.2 Å². The first kappa shape index (κ1) is 15.0. The zero-order chi connectivity index (χ0) is 14.8. The summed E-state index contributed by atoms with van der Waals surface area (Å²) in [6, 6.07) is 9.84. The summed E-state index contributed by atoms with van der Waals surface area (Å²) in [5, 5.41) is 3.15. The molecule has 1 aromatic carbocycles. The first-order chi connectivity index (χ1) is 9.39. The lowest BCUT2D eigenvalue weighted by Crippen LogP contribution is -2.53. The molecule has 110 valence electrons. The lowest BCUT2D eigenvalue weighted by atomic mass is 9.80. The number of nitrogens with two attached hydrogens (primary N) is 1. The molecule has 3 nitrogen and oxygen atoms in total. The summed E-state index contributed by atoms with van der Waals surface area (Å²) in [6.07, 6.45) is 3.37. The van der Waals surface area contributed by atoms with E-state index in [4.69, 9.17) is 5.73 Å². The number of hydrogen-bond donors (Lipinski definition) is 2. The van der Waals surface area contributed by atoms with Gasteiger partial charge in [0.1, 0.15) is 5.54 Å². The summed E-state index contributed by atoms with van der Waals surface area (Å²) in [5.74, 6) is 1.27. The molecule has 0 aromatic heterocycles. The number of rotatable bonds is 3. The maximum absolute atomic E-state index is 12.5. The largest absolute Gasteiger partial charge is 0.351 e. The van der Waals surface area contributed by atoms with Crippen molar-refractivity contribution in [2.24, 2.45) is 17.6 Å². The van der Waals surface area contributed by atoms with E-state index in [-0.39, 0.29) is 11.9 Å². The highest BCUT2D eigenvalue weighted by Gasteiger charge is 2.33. The maximum atomic E-state index is 12.5. The molecule has 0 aliphatic heterocycles. The number of carbonyl (C=O) groups is 1. The fourth-order valence-corrected chi connectivity index (χ4v) is 3.32. The molecule has 20 heavy (non-hydrogen) atoms. The van der Waals surface area contributed by atoms with Gasteiger partial charge in [-0.2, -0.15) is 0 Å². The Bertz CT molecular complexity index is 445. The molecule has 1 aromatic rings. The van der Waals surface area contributed by atoms with Gasteiger partial charge in [0.15, 0.2) is 0 Å². The minimum atomic E-state index is -0.967. The van der Waals surface area contributed by atoms with Gasteiger partial charge < -0.3 is 11.1 Å². The van der Waals surface area contributed by atoms with Gasteiger partial charge in [-0.25, -0.2) is 0 Å². The molecule has 0 bridgehead atoms. The fourth-order valence-electron chi connectivity index (χ4n) is 3.32. The van der Waals surface area contributed by atoms with Crippen LogP contribution >= 0.6 is 0 Å². The molecular formula is C17H26N2O. The number of carbonyl (C=O) groups excluding carboxylic acids is 1. The molecule has 3 heteroatoms. The normalized spacial score (nSPS) is 29.5. The standard InChI is InChI=1S/C17H26N2O/c1-12-9-13(2)11-15(10-12)19-16(20)17(3,18)14-7-5-4-6-8-14/h4-8,12-13,15H,9-11,18H2,1-3H3,(H,19,20). The highest BCUT2D eigenvalue weighted by atomic mass is 16.2. The van der Waals surface area contributed by atoms with E-state index >= 15 is 0 Å². The van der Waals surface area contributed by atoms with Crippen molar-refractivity contribution in [3.8, 4) is 0 Å². The Balaban J connectivity index is 2.04. The van der Waals surface area contributed by atoms with Crippen LogP contribution in [0.25, 0.3) is 0 Å². The van der Waals surface area contributed by atoms with Crippen molar-refractivity contribution in [3.63, 3.8) is 0 Å². The van der Waals surface area contributed by atoms with E-state index in [9.17, 15) is 4.79 Å². The van der Waals surface area contributed by atoms with E-state index in [0.717, 1.165) is 18.4 Å². The van der Waals surface area contributed by atoms with Crippen LogP contribution in [0.3, 0.4) is 0 Å². The third-order valence-corrected chi connectivity index (χ3v) is 4.36. The topological polar surface area (TPSA) is 55.1 Å². The summed E-state index contributed by atoms with van der Waals surface area (Å²) in [5.41, 5.74) is 6.14. The summed E-state index contributed by atoms with van der Waals surface area (Å²) in [7, 11) is 0. The molecule has 3 unspecified atom stereocenters. The van der Waals surface area contributed by atoms with E-state index in [2.05, 4.69) is 19.2 Å². The highest BCUT2D eigenvalue weighted by molar-refractivity contribution is 5.87. The van der Waals surface area contributed by atoms with Crippen LogP contribution in [-0.2, 0) is 10.3 Å². The number of amides is 1. The quantitative estimate of drug-likeness (QED) is 0.890. The molecule has 1 fully saturated rings. The third-order valence-electron chi connectivity index (χ3n) is 4.36. The van der Waals surface area contributed by atoms with Gasteiger partial charge >= 0.3 is 0 Å². The van der Waals surface area contributed by atoms with E-state index in [0.29, 0.717) is 11.8 Å². The molecular weight excluding hydrogens is 248 g/mol. The van der Waals surface area contributed by atoms with Crippen molar-refractivity contribution < 1.29 is 4.79 Å².